The van der Waals surface area contributed by atoms with Crippen molar-refractivity contribution in [2.75, 3.05) is 0 Å². The van der Waals surface area contributed by atoms with Crippen LogP contribution in [0, 0.1) is 29.1 Å². The van der Waals surface area contributed by atoms with Crippen LogP contribution < -0.4 is 0 Å². The van der Waals surface area contributed by atoms with Gasteiger partial charge in [-0.15, -0.1) is 0 Å². The van der Waals surface area contributed by atoms with Gasteiger partial charge in [-0.2, -0.15) is 0 Å². The first-order chi connectivity index (χ1) is 19.7. The third kappa shape index (κ3) is 8.00. The van der Waals surface area contributed by atoms with Crippen molar-refractivity contribution < 1.29 is 8.85 Å². The maximum atomic E-state index is 7.09. The maximum Gasteiger partial charge on any atom is 0.192 e. The zero-order valence-electron chi connectivity index (χ0n) is 30.4. The van der Waals surface area contributed by atoms with Gasteiger partial charge in [-0.25, -0.2) is 0 Å². The smallest absolute Gasteiger partial charge is 0.192 e. The van der Waals surface area contributed by atoms with Gasteiger partial charge in [0, 0.05) is 6.42 Å². The van der Waals surface area contributed by atoms with Gasteiger partial charge in [0.2, 0.25) is 0 Å². The predicted molar refractivity (Wildman–Crippen MR) is 192 cm³/mol. The van der Waals surface area contributed by atoms with E-state index in [2.05, 4.69) is 106 Å². The predicted octanol–water partition coefficient (Wildman–Crippen LogP) is 12.2. The lowest BCUT2D eigenvalue weighted by Gasteiger charge is -2.45. The average molecular weight is 625 g/mol. The van der Waals surface area contributed by atoms with Crippen LogP contribution in [0.1, 0.15) is 120 Å². The van der Waals surface area contributed by atoms with Crippen LogP contribution in [0.4, 0.5) is 0 Å². The number of hydrogen-bond donors (Lipinski definition) is 0. The van der Waals surface area contributed by atoms with E-state index in [1.165, 1.54) is 62.5 Å². The minimum absolute atomic E-state index is 0.0476. The van der Waals surface area contributed by atoms with E-state index >= 15 is 0 Å². The van der Waals surface area contributed by atoms with Crippen molar-refractivity contribution in [1.82, 2.24) is 0 Å². The molecule has 4 fully saturated rings. The third-order valence-corrected chi connectivity index (χ3v) is 22.1. The molecule has 0 aromatic rings. The summed E-state index contributed by atoms with van der Waals surface area (Å²) in [6.45, 7) is 33.4. The van der Waals surface area contributed by atoms with Gasteiger partial charge in [0.05, 0.1) is 12.2 Å². The van der Waals surface area contributed by atoms with Crippen molar-refractivity contribution >= 4 is 16.6 Å². The van der Waals surface area contributed by atoms with E-state index in [0.717, 1.165) is 36.5 Å². The molecule has 4 aliphatic carbocycles. The fourth-order valence-corrected chi connectivity index (χ4v) is 10.4. The van der Waals surface area contributed by atoms with Crippen LogP contribution in [0.25, 0.3) is 0 Å². The largest absolute Gasteiger partial charge is 0.413 e. The van der Waals surface area contributed by atoms with Crippen LogP contribution in [0.15, 0.2) is 47.6 Å². The molecule has 4 heteroatoms. The molecule has 43 heavy (non-hydrogen) atoms. The first kappa shape index (κ1) is 35.2. The molecule has 244 valence electrons. The molecular weight excluding hydrogens is 557 g/mol. The van der Waals surface area contributed by atoms with Crippen LogP contribution in [-0.4, -0.2) is 28.8 Å². The summed E-state index contributed by atoms with van der Waals surface area (Å²) in [5, 5.41) is 0.364. The molecule has 0 N–H and O–H groups in total. The van der Waals surface area contributed by atoms with Gasteiger partial charge in [-0.3, -0.25) is 0 Å². The van der Waals surface area contributed by atoms with Crippen molar-refractivity contribution in [2.24, 2.45) is 29.1 Å². The van der Waals surface area contributed by atoms with Crippen molar-refractivity contribution in [1.29, 1.82) is 0 Å². The molecule has 0 bridgehead atoms. The lowest BCUT2D eigenvalue weighted by atomic mass is 9.63. The van der Waals surface area contributed by atoms with E-state index in [0.29, 0.717) is 5.41 Å². The Hall–Kier alpha value is -0.686. The summed E-state index contributed by atoms with van der Waals surface area (Å²) in [6.07, 6.45) is 23.1. The molecule has 0 aromatic carbocycles. The number of rotatable bonds is 9. The van der Waals surface area contributed by atoms with Gasteiger partial charge in [0.25, 0.3) is 0 Å². The number of fused-ring (bicyclic) bond motifs is 1. The molecule has 0 aliphatic heterocycles. The van der Waals surface area contributed by atoms with Crippen molar-refractivity contribution in [3.8, 4) is 0 Å². The van der Waals surface area contributed by atoms with Crippen LogP contribution in [0.5, 0.6) is 0 Å². The van der Waals surface area contributed by atoms with Gasteiger partial charge in [0.1, 0.15) is 0 Å². The first-order valence-corrected chi connectivity index (χ1v) is 23.7. The van der Waals surface area contributed by atoms with Gasteiger partial charge < -0.3 is 8.85 Å². The van der Waals surface area contributed by atoms with Gasteiger partial charge in [-0.05, 0) is 134 Å². The molecule has 0 spiro atoms. The summed E-state index contributed by atoms with van der Waals surface area (Å²) in [4.78, 5) is 0. The Morgan fingerprint density at radius 3 is 2.16 bits per heavy atom. The monoisotopic (exact) mass is 624 g/mol. The van der Waals surface area contributed by atoms with Crippen LogP contribution in [-0.2, 0) is 8.85 Å². The molecule has 0 unspecified atom stereocenters. The second kappa shape index (κ2) is 12.8. The summed E-state index contributed by atoms with van der Waals surface area (Å²) < 4.78 is 14.2. The highest BCUT2D eigenvalue weighted by atomic mass is 28.4. The van der Waals surface area contributed by atoms with Crippen molar-refractivity contribution in [3.05, 3.63) is 47.6 Å². The van der Waals surface area contributed by atoms with Gasteiger partial charge >= 0.3 is 0 Å². The summed E-state index contributed by atoms with van der Waals surface area (Å²) >= 11 is 0. The lowest BCUT2D eigenvalue weighted by Crippen LogP contribution is -2.49. The summed E-state index contributed by atoms with van der Waals surface area (Å²) in [5.74, 6) is 3.29. The Kier molecular flexibility index (Phi) is 10.5. The van der Waals surface area contributed by atoms with Crippen LogP contribution in [0.2, 0.25) is 36.3 Å². The zero-order chi connectivity index (χ0) is 32.0. The van der Waals surface area contributed by atoms with E-state index in [4.69, 9.17) is 15.4 Å². The molecule has 0 aromatic heterocycles. The Morgan fingerprint density at radius 2 is 1.56 bits per heavy atom. The summed E-state index contributed by atoms with van der Waals surface area (Å²) in [5.41, 5.74) is 4.71. The second-order valence-electron chi connectivity index (χ2n) is 18.3. The molecule has 4 saturated carbocycles. The molecule has 0 radical (unpaired) electrons. The molecule has 0 heterocycles. The van der Waals surface area contributed by atoms with E-state index in [1.807, 2.05) is 0 Å². The van der Waals surface area contributed by atoms with Crippen molar-refractivity contribution in [3.63, 3.8) is 0 Å². The molecular formula is C39H68O2Si2. The molecule has 6 atom stereocenters. The fraction of sp³-hybridized carbons (Fsp3) is 0.795. The summed E-state index contributed by atoms with van der Waals surface area (Å²) in [6, 6.07) is 0. The lowest BCUT2D eigenvalue weighted by molar-refractivity contribution is 0.0969. The Bertz CT molecular complexity index is 1090. The van der Waals surface area contributed by atoms with Crippen LogP contribution >= 0.6 is 0 Å². The number of hydrogen-bond acceptors (Lipinski definition) is 2. The molecule has 4 rings (SSSR count). The highest BCUT2D eigenvalue weighted by Crippen LogP contribution is 2.58. The molecule has 0 saturated heterocycles. The van der Waals surface area contributed by atoms with Crippen LogP contribution in [0.3, 0.4) is 0 Å². The van der Waals surface area contributed by atoms with E-state index in [-0.39, 0.29) is 22.3 Å². The SMILES string of the molecule is C=C1/C(=C\C=C2/CCC[C@]3(C)[C@@H](C/C=C/[C@@H](C)C4CC4)CC[C@@H]23)C[C@@H](O[Si](C)(C)C(C)(C)C)C[C@@H]1O[Si](C)(C)C(C)(C)C. The number of allylic oxidation sites excluding steroid dienone is 5. The molecule has 2 nitrogen and oxygen atoms in total. The minimum Gasteiger partial charge on any atom is -0.413 e. The normalized spacial score (nSPS) is 33.9. The quantitative estimate of drug-likeness (QED) is 0.188. The maximum absolute atomic E-state index is 7.09. The molecule has 0 amide bonds. The average Bonchev–Trinajstić information content (AvgIpc) is 3.66. The van der Waals surface area contributed by atoms with Gasteiger partial charge in [0.15, 0.2) is 16.6 Å². The zero-order valence-corrected chi connectivity index (χ0v) is 32.4. The topological polar surface area (TPSA) is 18.5 Å². The Balaban J connectivity index is 1.55. The first-order valence-electron chi connectivity index (χ1n) is 17.9. The molecule has 4 aliphatic rings. The summed E-state index contributed by atoms with van der Waals surface area (Å²) in [7, 11) is -3.86. The Labute approximate surface area is 269 Å². The minimum atomic E-state index is -1.95. The van der Waals surface area contributed by atoms with Crippen molar-refractivity contribution in [2.45, 2.75) is 168 Å². The third-order valence-electron chi connectivity index (χ3n) is 13.1. The van der Waals surface area contributed by atoms with E-state index in [9.17, 15) is 0 Å². The highest BCUT2D eigenvalue weighted by Gasteiger charge is 2.49. The Morgan fingerprint density at radius 1 is 0.930 bits per heavy atom. The van der Waals surface area contributed by atoms with E-state index in [1.54, 1.807) is 5.57 Å². The highest BCUT2D eigenvalue weighted by molar-refractivity contribution is 6.74. The standard InChI is InChI=1S/C39H68O2Si2/c1-28(30-19-20-30)16-14-18-33-23-24-35-31(17-15-25-39(33,35)9)21-22-32-26-34(40-42(10,11)37(3,4)5)27-36(29(32)2)41-43(12,13)38(6,7)8/h14,16,21-22,28,30,33-36H,2,15,17-20,23-27H2,1,3-13H3/b16-14+,31-21+,32-22-/t28-,33+,34-,35+,36+,39-/m1/s1. The second-order valence-corrected chi connectivity index (χ2v) is 27.8. The van der Waals surface area contributed by atoms with E-state index < -0.39 is 16.6 Å². The fourth-order valence-electron chi connectivity index (χ4n) is 7.74. The van der Waals surface area contributed by atoms with Gasteiger partial charge in [-0.1, -0.05) is 91.8 Å².